The normalized spacial score (nSPS) is 14.7. The lowest BCUT2D eigenvalue weighted by molar-refractivity contribution is -0.136. The summed E-state index contributed by atoms with van der Waals surface area (Å²) in [5.41, 5.74) is 2.42. The average molecular weight is 444 g/mol. The molecule has 8 heteroatoms. The maximum absolute atomic E-state index is 12.5. The molecule has 2 aromatic carbocycles. The van der Waals surface area contributed by atoms with Crippen molar-refractivity contribution in [3.05, 3.63) is 59.7 Å². The number of benzene rings is 2. The molecule has 31 heavy (non-hydrogen) atoms. The molecule has 0 aromatic heterocycles. The molecule has 1 aliphatic rings. The second-order valence-electron chi connectivity index (χ2n) is 7.93. The molecule has 0 atom stereocenters. The first-order valence-electron chi connectivity index (χ1n) is 10.6. The fraction of sp³-hybridized carbons (Fsp3) is 0.391. The van der Waals surface area contributed by atoms with E-state index in [2.05, 4.69) is 15.4 Å². The van der Waals surface area contributed by atoms with Crippen LogP contribution >= 0.6 is 0 Å². The van der Waals surface area contributed by atoms with E-state index in [-0.39, 0.29) is 17.5 Å². The highest BCUT2D eigenvalue weighted by atomic mass is 32.2. The molecule has 1 aliphatic carbocycles. The number of carbonyl (C=O) groups excluding carboxylic acids is 2. The van der Waals surface area contributed by atoms with Gasteiger partial charge in [0, 0.05) is 18.3 Å². The largest absolute Gasteiger partial charge is 0.347 e. The zero-order valence-corrected chi connectivity index (χ0v) is 18.5. The number of hydrogen-bond acceptors (Lipinski definition) is 4. The van der Waals surface area contributed by atoms with Crippen LogP contribution in [0.5, 0.6) is 0 Å². The molecule has 1 fully saturated rings. The molecule has 0 unspecified atom stereocenters. The summed E-state index contributed by atoms with van der Waals surface area (Å²) < 4.78 is 27.9. The fourth-order valence-corrected chi connectivity index (χ4v) is 4.96. The van der Waals surface area contributed by atoms with E-state index in [1.54, 1.807) is 42.5 Å². The first-order valence-corrected chi connectivity index (χ1v) is 12.1. The van der Waals surface area contributed by atoms with Gasteiger partial charge in [-0.1, -0.05) is 43.5 Å². The van der Waals surface area contributed by atoms with E-state index < -0.39 is 21.8 Å². The average Bonchev–Trinajstić information content (AvgIpc) is 2.74. The highest BCUT2D eigenvalue weighted by Gasteiger charge is 2.21. The van der Waals surface area contributed by atoms with Crippen molar-refractivity contribution >= 4 is 27.5 Å². The molecular weight excluding hydrogens is 414 g/mol. The van der Waals surface area contributed by atoms with Crippen LogP contribution in [0.3, 0.4) is 0 Å². The minimum atomic E-state index is -3.53. The Morgan fingerprint density at radius 3 is 2.35 bits per heavy atom. The Balaban J connectivity index is 1.46. The third kappa shape index (κ3) is 6.90. The first kappa shape index (κ1) is 23.0. The summed E-state index contributed by atoms with van der Waals surface area (Å²) in [5.74, 6) is -1.43. The Morgan fingerprint density at radius 1 is 0.968 bits per heavy atom. The molecule has 3 rings (SSSR count). The Morgan fingerprint density at radius 2 is 1.68 bits per heavy atom. The maximum Gasteiger partial charge on any atom is 0.313 e. The Bertz CT molecular complexity index is 1010. The van der Waals surface area contributed by atoms with Gasteiger partial charge in [0.1, 0.15) is 0 Å². The Hall–Kier alpha value is -2.71. The van der Waals surface area contributed by atoms with Crippen molar-refractivity contribution in [1.29, 1.82) is 0 Å². The third-order valence-corrected chi connectivity index (χ3v) is 6.88. The number of sulfonamides is 1. The van der Waals surface area contributed by atoms with E-state index in [0.29, 0.717) is 12.1 Å². The summed E-state index contributed by atoms with van der Waals surface area (Å²) in [6.45, 7) is 2.17. The molecule has 0 aliphatic heterocycles. The molecule has 2 aromatic rings. The van der Waals surface area contributed by atoms with E-state index in [0.717, 1.165) is 43.2 Å². The Labute approximate surface area is 183 Å². The molecule has 3 N–H and O–H groups in total. The highest BCUT2D eigenvalue weighted by molar-refractivity contribution is 7.89. The number of rotatable bonds is 7. The second-order valence-corrected chi connectivity index (χ2v) is 9.64. The molecule has 1 saturated carbocycles. The summed E-state index contributed by atoms with van der Waals surface area (Å²) in [5, 5.41) is 5.15. The fourth-order valence-electron chi connectivity index (χ4n) is 3.65. The van der Waals surface area contributed by atoms with Gasteiger partial charge in [0.2, 0.25) is 10.0 Å². The summed E-state index contributed by atoms with van der Waals surface area (Å²) in [7, 11) is -3.53. The van der Waals surface area contributed by atoms with E-state index in [9.17, 15) is 18.0 Å². The number of carbonyl (C=O) groups is 2. The number of amides is 2. The molecule has 2 amide bonds. The summed E-state index contributed by atoms with van der Waals surface area (Å²) in [6.07, 6.45) is 5.53. The third-order valence-electron chi connectivity index (χ3n) is 5.34. The van der Waals surface area contributed by atoms with Gasteiger partial charge in [0.15, 0.2) is 0 Å². The zero-order chi connectivity index (χ0) is 22.3. The molecule has 166 valence electrons. The number of hydrogen-bond donors (Lipinski definition) is 3. The second kappa shape index (κ2) is 10.5. The van der Waals surface area contributed by atoms with Gasteiger partial charge in [-0.25, -0.2) is 13.1 Å². The van der Waals surface area contributed by atoms with Crippen molar-refractivity contribution < 1.29 is 18.0 Å². The van der Waals surface area contributed by atoms with Crippen molar-refractivity contribution in [3.8, 4) is 0 Å². The minimum absolute atomic E-state index is 0.0135. The van der Waals surface area contributed by atoms with Crippen molar-refractivity contribution in [2.75, 3.05) is 11.9 Å². The highest BCUT2D eigenvalue weighted by Crippen LogP contribution is 2.20. The predicted molar refractivity (Wildman–Crippen MR) is 120 cm³/mol. The van der Waals surface area contributed by atoms with E-state index >= 15 is 0 Å². The quantitative estimate of drug-likeness (QED) is 0.572. The van der Waals surface area contributed by atoms with Crippen LogP contribution in [0.15, 0.2) is 53.4 Å². The van der Waals surface area contributed by atoms with E-state index in [4.69, 9.17) is 0 Å². The smallest absolute Gasteiger partial charge is 0.313 e. The molecule has 0 bridgehead atoms. The van der Waals surface area contributed by atoms with Crippen LogP contribution in [0.2, 0.25) is 0 Å². The SMILES string of the molecule is Cc1cccc(NC(=O)C(=O)NCCc2ccc(S(=O)(=O)NC3CCCCC3)cc2)c1. The molecule has 7 nitrogen and oxygen atoms in total. The van der Waals surface area contributed by atoms with Gasteiger partial charge < -0.3 is 10.6 Å². The molecule has 0 heterocycles. The molecular formula is C23H29N3O4S. The van der Waals surface area contributed by atoms with Crippen molar-refractivity contribution in [2.45, 2.75) is 56.4 Å². The molecule has 0 radical (unpaired) electrons. The van der Waals surface area contributed by atoms with Gasteiger partial charge in [-0.15, -0.1) is 0 Å². The van der Waals surface area contributed by atoms with Gasteiger partial charge >= 0.3 is 11.8 Å². The molecule has 0 saturated heterocycles. The maximum atomic E-state index is 12.5. The van der Waals surface area contributed by atoms with Crippen LogP contribution in [0.25, 0.3) is 0 Å². The lowest BCUT2D eigenvalue weighted by Gasteiger charge is -2.22. The van der Waals surface area contributed by atoms with Gasteiger partial charge in [-0.2, -0.15) is 0 Å². The van der Waals surface area contributed by atoms with Crippen molar-refractivity contribution in [1.82, 2.24) is 10.0 Å². The van der Waals surface area contributed by atoms with E-state index in [1.807, 2.05) is 13.0 Å². The van der Waals surface area contributed by atoms with Crippen LogP contribution in [0.1, 0.15) is 43.2 Å². The lowest BCUT2D eigenvalue weighted by atomic mass is 9.96. The van der Waals surface area contributed by atoms with E-state index in [1.165, 1.54) is 0 Å². The van der Waals surface area contributed by atoms with Gasteiger partial charge in [0.05, 0.1) is 4.90 Å². The lowest BCUT2D eigenvalue weighted by Crippen LogP contribution is -2.36. The first-order chi connectivity index (χ1) is 14.8. The van der Waals surface area contributed by atoms with Crippen LogP contribution in [-0.2, 0) is 26.0 Å². The minimum Gasteiger partial charge on any atom is -0.347 e. The van der Waals surface area contributed by atoms with Crippen LogP contribution in [0, 0.1) is 6.92 Å². The van der Waals surface area contributed by atoms with Gasteiger partial charge in [-0.3, -0.25) is 9.59 Å². The van der Waals surface area contributed by atoms with Gasteiger partial charge in [-0.05, 0) is 61.6 Å². The van der Waals surface area contributed by atoms with Gasteiger partial charge in [0.25, 0.3) is 0 Å². The summed E-state index contributed by atoms with van der Waals surface area (Å²) in [6, 6.07) is 13.8. The monoisotopic (exact) mass is 443 g/mol. The number of aryl methyl sites for hydroxylation is 1. The van der Waals surface area contributed by atoms with Crippen molar-refractivity contribution in [2.24, 2.45) is 0 Å². The Kier molecular flexibility index (Phi) is 7.81. The summed E-state index contributed by atoms with van der Waals surface area (Å²) in [4.78, 5) is 24.2. The van der Waals surface area contributed by atoms with Crippen LogP contribution < -0.4 is 15.4 Å². The van der Waals surface area contributed by atoms with Crippen molar-refractivity contribution in [3.63, 3.8) is 0 Å². The zero-order valence-electron chi connectivity index (χ0n) is 17.7. The van der Waals surface area contributed by atoms with Crippen LogP contribution in [-0.4, -0.2) is 32.8 Å². The van der Waals surface area contributed by atoms with Crippen LogP contribution in [0.4, 0.5) is 5.69 Å². The molecule has 0 spiro atoms. The number of anilines is 1. The number of nitrogens with one attached hydrogen (secondary N) is 3. The predicted octanol–water partition coefficient (Wildman–Crippen LogP) is 2.90. The topological polar surface area (TPSA) is 104 Å². The standard InChI is InChI=1S/C23H29N3O4S/c1-17-6-5-9-20(16-17)25-23(28)22(27)24-15-14-18-10-12-21(13-11-18)31(29,30)26-19-7-3-2-4-8-19/h5-6,9-13,16,19,26H,2-4,7-8,14-15H2,1H3,(H,24,27)(H,25,28). The summed E-state index contributed by atoms with van der Waals surface area (Å²) >= 11 is 0.